The highest BCUT2D eigenvalue weighted by Gasteiger charge is 2.28. The molecule has 1 N–H and O–H groups in total. The number of ether oxygens (including phenoxy) is 1. The van der Waals surface area contributed by atoms with Gasteiger partial charge in [0.15, 0.2) is 0 Å². The Balaban J connectivity index is 0. The Labute approximate surface area is 186 Å². The maximum absolute atomic E-state index is 11.6. The molecule has 174 valence electrons. The van der Waals surface area contributed by atoms with Gasteiger partial charge in [-0.3, -0.25) is 0 Å². The smallest absolute Gasteiger partial charge is 0.333 e. The zero-order chi connectivity index (χ0) is 23.8. The Morgan fingerprint density at radius 2 is 1.00 bits per heavy atom. The minimum atomic E-state index is -1.21. The van der Waals surface area contributed by atoms with Gasteiger partial charge in [0.25, 0.3) is 0 Å². The monoisotopic (exact) mass is 476 g/mol. The van der Waals surface area contributed by atoms with Crippen LogP contribution in [-0.4, -0.2) is 55.6 Å². The van der Waals surface area contributed by atoms with Crippen molar-refractivity contribution in [1.82, 2.24) is 0 Å². The Morgan fingerprint density at radius 3 is 1.21 bits per heavy atom. The number of carbonyl (C=O) groups excluding carboxylic acids is 1. The summed E-state index contributed by atoms with van der Waals surface area (Å²) in [7, 11) is -4.51. The van der Waals surface area contributed by atoms with Crippen molar-refractivity contribution < 1.29 is 14.6 Å². The average Bonchev–Trinajstić information content (AvgIpc) is 2.29. The van der Waals surface area contributed by atoms with Crippen LogP contribution in [0.3, 0.4) is 0 Å². The third-order valence-corrected chi connectivity index (χ3v) is 10.8. The molecule has 0 radical (unpaired) electrons. The van der Waals surface area contributed by atoms with Gasteiger partial charge in [-0.05, 0) is 31.1 Å². The van der Waals surface area contributed by atoms with Crippen LogP contribution in [0.5, 0.6) is 0 Å². The third-order valence-electron chi connectivity index (χ3n) is 4.00. The van der Waals surface area contributed by atoms with E-state index in [0.29, 0.717) is 5.57 Å². The molecule has 0 bridgehead atoms. The molecule has 0 spiro atoms. The van der Waals surface area contributed by atoms with Crippen LogP contribution in [0.2, 0.25) is 103 Å². The maximum atomic E-state index is 11.6. The van der Waals surface area contributed by atoms with Gasteiger partial charge in [-0.2, -0.15) is 0 Å². The molecule has 0 aromatic rings. The lowest BCUT2D eigenvalue weighted by Gasteiger charge is -2.29. The molecule has 3 nitrogen and oxygen atoms in total. The first kappa shape index (κ1) is 31.2. The van der Waals surface area contributed by atoms with Crippen LogP contribution in [0, 0.1) is 0 Å². The summed E-state index contributed by atoms with van der Waals surface area (Å²) in [4.78, 5) is 11.6. The van der Waals surface area contributed by atoms with Crippen LogP contribution in [0.25, 0.3) is 0 Å². The van der Waals surface area contributed by atoms with Crippen molar-refractivity contribution in [3.63, 3.8) is 0 Å². The van der Waals surface area contributed by atoms with Crippen LogP contribution in [0.1, 0.15) is 6.92 Å². The fraction of sp³-hybridized carbons (Fsp3) is 0.864. The van der Waals surface area contributed by atoms with Gasteiger partial charge >= 0.3 is 5.97 Å². The summed E-state index contributed by atoms with van der Waals surface area (Å²) in [5, 5.41) is 9.79. The molecule has 0 aromatic heterocycles. The van der Waals surface area contributed by atoms with Gasteiger partial charge < -0.3 is 9.84 Å². The molecule has 0 atom stereocenters. The number of hydrogen-bond acceptors (Lipinski definition) is 3. The summed E-state index contributed by atoms with van der Waals surface area (Å²) in [6, 6.07) is 4.24. The quantitative estimate of drug-likeness (QED) is 0.206. The highest BCUT2D eigenvalue weighted by Crippen LogP contribution is 2.23. The summed E-state index contributed by atoms with van der Waals surface area (Å²) >= 11 is 0. The van der Waals surface area contributed by atoms with Gasteiger partial charge in [-0.15, -0.1) is 0 Å². The number of rotatable bonds is 10. The highest BCUT2D eigenvalue weighted by molar-refractivity contribution is 6.78. The minimum Gasteiger partial charge on any atom is -0.460 e. The van der Waals surface area contributed by atoms with Gasteiger partial charge in [0.05, 0.1) is 6.10 Å². The van der Waals surface area contributed by atoms with Crippen LogP contribution in [0.15, 0.2) is 12.2 Å². The summed E-state index contributed by atoms with van der Waals surface area (Å²) in [5.74, 6) is -0.230. The van der Waals surface area contributed by atoms with Crippen molar-refractivity contribution in [2.24, 2.45) is 0 Å². The molecule has 0 fully saturated rings. The van der Waals surface area contributed by atoms with Crippen LogP contribution in [-0.2, 0) is 9.53 Å². The fourth-order valence-electron chi connectivity index (χ4n) is 3.26. The van der Waals surface area contributed by atoms with E-state index >= 15 is 0 Å². The third kappa shape index (κ3) is 24.2. The molecular formula is C22H52O3Si4. The van der Waals surface area contributed by atoms with Gasteiger partial charge in [0, 0.05) is 44.0 Å². The van der Waals surface area contributed by atoms with E-state index in [0.717, 1.165) is 24.2 Å². The van der Waals surface area contributed by atoms with Crippen molar-refractivity contribution in [2.75, 3.05) is 0 Å². The summed E-state index contributed by atoms with van der Waals surface area (Å²) in [6.07, 6.45) is 0.0702. The number of esters is 1. The maximum Gasteiger partial charge on any atom is 0.333 e. The molecule has 0 aliphatic heterocycles. The molecule has 0 aliphatic carbocycles. The standard InChI is InChI=1S/C13H28O2Si2.C9H24OSi2/c1-11(2)13(14)15-12(9-16(3,4)5)10-17(6,7)8;1-11(2,3)7-9(10)8-12(4,5)6/h12H,1,9-10H2,2-8H3;9-10H,7-8H2,1-6H3. The average molecular weight is 477 g/mol. The number of hydrogen-bond donors (Lipinski definition) is 1. The van der Waals surface area contributed by atoms with Crippen LogP contribution < -0.4 is 0 Å². The van der Waals surface area contributed by atoms with Gasteiger partial charge in [-0.25, -0.2) is 4.79 Å². The second kappa shape index (κ2) is 12.2. The van der Waals surface area contributed by atoms with Crippen LogP contribution >= 0.6 is 0 Å². The van der Waals surface area contributed by atoms with E-state index in [1.807, 2.05) is 0 Å². The summed E-state index contributed by atoms with van der Waals surface area (Å²) < 4.78 is 5.59. The SMILES string of the molecule is C=C(C)C(=O)OC(C[Si](C)(C)C)C[Si](C)(C)C.C[Si](C)(C)CC(O)C[Si](C)(C)C. The number of carbonyl (C=O) groups is 1. The Bertz CT molecular complexity index is 474. The van der Waals surface area contributed by atoms with Crippen molar-refractivity contribution in [3.8, 4) is 0 Å². The van der Waals surface area contributed by atoms with E-state index in [-0.39, 0.29) is 18.2 Å². The summed E-state index contributed by atoms with van der Waals surface area (Å²) in [6.45, 7) is 33.2. The Morgan fingerprint density at radius 1 is 0.724 bits per heavy atom. The molecule has 0 rings (SSSR count). The highest BCUT2D eigenvalue weighted by atomic mass is 28.3. The molecular weight excluding hydrogens is 425 g/mol. The van der Waals surface area contributed by atoms with Gasteiger partial charge in [-0.1, -0.05) is 85.1 Å². The minimum absolute atomic E-state index is 0.0247. The molecule has 0 heterocycles. The van der Waals surface area contributed by atoms with E-state index in [1.165, 1.54) is 0 Å². The zero-order valence-corrected chi connectivity index (χ0v) is 26.0. The second-order valence-electron chi connectivity index (χ2n) is 13.5. The first-order chi connectivity index (χ1) is 12.5. The van der Waals surface area contributed by atoms with E-state index in [1.54, 1.807) is 6.92 Å². The first-order valence-electron chi connectivity index (χ1n) is 11.1. The second-order valence-corrected chi connectivity index (χ2v) is 35.6. The van der Waals surface area contributed by atoms with E-state index in [4.69, 9.17) is 4.74 Å². The Hall–Kier alpha value is 0.0375. The molecule has 0 aliphatic rings. The van der Waals surface area contributed by atoms with E-state index < -0.39 is 32.3 Å². The Kier molecular flexibility index (Phi) is 13.1. The van der Waals surface area contributed by atoms with Crippen molar-refractivity contribution in [3.05, 3.63) is 12.2 Å². The number of aliphatic hydroxyl groups excluding tert-OH is 1. The van der Waals surface area contributed by atoms with Gasteiger partial charge in [0.2, 0.25) is 0 Å². The van der Waals surface area contributed by atoms with Crippen molar-refractivity contribution in [1.29, 1.82) is 0 Å². The van der Waals surface area contributed by atoms with E-state index in [2.05, 4.69) is 85.1 Å². The van der Waals surface area contributed by atoms with Crippen molar-refractivity contribution in [2.45, 2.75) is 122 Å². The molecule has 7 heteroatoms. The predicted molar refractivity (Wildman–Crippen MR) is 143 cm³/mol. The molecule has 29 heavy (non-hydrogen) atoms. The lowest BCUT2D eigenvalue weighted by Crippen LogP contribution is -2.35. The normalized spacial score (nSPS) is 13.2. The first-order valence-corrected chi connectivity index (χ1v) is 25.9. The number of aliphatic hydroxyl groups is 1. The molecule has 0 saturated carbocycles. The van der Waals surface area contributed by atoms with E-state index in [9.17, 15) is 9.90 Å². The lowest BCUT2D eigenvalue weighted by molar-refractivity contribution is -0.142. The van der Waals surface area contributed by atoms with Crippen molar-refractivity contribution >= 4 is 38.3 Å². The zero-order valence-electron chi connectivity index (χ0n) is 22.0. The molecule has 0 unspecified atom stereocenters. The molecule has 0 saturated heterocycles. The molecule has 0 aromatic carbocycles. The molecule has 0 amide bonds. The fourth-order valence-corrected chi connectivity index (χ4v) is 10.1. The van der Waals surface area contributed by atoms with Crippen LogP contribution in [0.4, 0.5) is 0 Å². The topological polar surface area (TPSA) is 46.5 Å². The van der Waals surface area contributed by atoms with Gasteiger partial charge in [0.1, 0.15) is 0 Å². The largest absolute Gasteiger partial charge is 0.460 e. The predicted octanol–water partition coefficient (Wildman–Crippen LogP) is 7.17. The summed E-state index contributed by atoms with van der Waals surface area (Å²) in [5.41, 5.74) is 0.501. The lowest BCUT2D eigenvalue weighted by atomic mass is 10.3.